The lowest BCUT2D eigenvalue weighted by Crippen LogP contribution is -2.51. The number of esters is 1. The Labute approximate surface area is 376 Å². The average molecular weight is 888 g/mol. The van der Waals surface area contributed by atoms with Gasteiger partial charge in [-0.05, 0) is 108 Å². The highest BCUT2D eigenvalue weighted by molar-refractivity contribution is 5.89. The van der Waals surface area contributed by atoms with Crippen LogP contribution in [0.4, 0.5) is 13.6 Å². The predicted octanol–water partition coefficient (Wildman–Crippen LogP) is 9.06. The van der Waals surface area contributed by atoms with Crippen LogP contribution in [0.5, 0.6) is 0 Å². The summed E-state index contributed by atoms with van der Waals surface area (Å²) in [5, 5.41) is 2.70. The van der Waals surface area contributed by atoms with Gasteiger partial charge >= 0.3 is 12.1 Å². The SMILES string of the molecule is COC(=O)C[C@H](C(=O)N1[C@@H]2CC[C@@H](C2)[C@H]1c1nc2ccc(-c3ccc4c(c3)C(F)(F)c3cc(-c5cnc([C@@H]6CC7(CC7)CN6C(=O)[C@@H](NC(=O)OC)C(C)C)[nH]5)ccc3-4)cc2[nH]1)C(C)C. The zero-order valence-corrected chi connectivity index (χ0v) is 37.5. The number of methoxy groups -OCH3 is 2. The highest BCUT2D eigenvalue weighted by Gasteiger charge is 2.56. The minimum Gasteiger partial charge on any atom is -0.469 e. The number of nitrogens with zero attached hydrogens (tertiary/aromatic N) is 4. The maximum Gasteiger partial charge on any atom is 0.407 e. The summed E-state index contributed by atoms with van der Waals surface area (Å²) < 4.78 is 43.1. The first kappa shape index (κ1) is 42.8. The van der Waals surface area contributed by atoms with Crippen LogP contribution in [-0.2, 0) is 29.8 Å². The van der Waals surface area contributed by atoms with Crippen LogP contribution in [0.3, 0.4) is 0 Å². The Morgan fingerprint density at radius 2 is 1.54 bits per heavy atom. The van der Waals surface area contributed by atoms with Crippen molar-refractivity contribution in [2.24, 2.45) is 29.1 Å². The molecule has 2 aromatic heterocycles. The molecule has 4 heterocycles. The number of benzene rings is 3. The lowest BCUT2D eigenvalue weighted by Gasteiger charge is -2.37. The highest BCUT2D eigenvalue weighted by atomic mass is 19.3. The number of likely N-dealkylation sites (tertiary alicyclic amines) is 2. The molecular weight excluding hydrogens is 833 g/mol. The summed E-state index contributed by atoms with van der Waals surface area (Å²) in [7, 11) is 2.61. The van der Waals surface area contributed by atoms with Crippen LogP contribution in [0.1, 0.15) is 108 Å². The first-order chi connectivity index (χ1) is 31.1. The maximum absolute atomic E-state index is 16.7. The fourth-order valence-electron chi connectivity index (χ4n) is 11.2. The van der Waals surface area contributed by atoms with E-state index in [1.165, 1.54) is 20.3 Å². The molecule has 4 fully saturated rings. The number of hydrogen-bond acceptors (Lipinski definition) is 8. The smallest absolute Gasteiger partial charge is 0.407 e. The highest BCUT2D eigenvalue weighted by Crippen LogP contribution is 2.59. The molecule has 3 amide bonds. The lowest BCUT2D eigenvalue weighted by molar-refractivity contribution is -0.150. The van der Waals surface area contributed by atoms with E-state index in [0.29, 0.717) is 46.1 Å². The average Bonchev–Trinajstić information content (AvgIpc) is 3.95. The largest absolute Gasteiger partial charge is 0.469 e. The predicted molar refractivity (Wildman–Crippen MR) is 238 cm³/mol. The molecule has 0 radical (unpaired) electrons. The lowest BCUT2D eigenvalue weighted by atomic mass is 9.89. The third-order valence-corrected chi connectivity index (χ3v) is 15.1. The third-order valence-electron chi connectivity index (χ3n) is 15.1. The number of halogens is 2. The first-order valence-corrected chi connectivity index (χ1v) is 22.9. The Kier molecular flexibility index (Phi) is 10.4. The Morgan fingerprint density at radius 1 is 0.846 bits per heavy atom. The van der Waals surface area contributed by atoms with Crippen molar-refractivity contribution in [3.8, 4) is 33.5 Å². The number of ether oxygens (including phenoxy) is 2. The van der Waals surface area contributed by atoms with Crippen molar-refractivity contribution < 1.29 is 37.4 Å². The molecular formula is C50H55F2N7O6. The number of piperidine rings is 1. The van der Waals surface area contributed by atoms with Gasteiger partial charge in [-0.15, -0.1) is 0 Å². The number of rotatable bonds is 11. The van der Waals surface area contributed by atoms with E-state index in [4.69, 9.17) is 19.4 Å². The number of aromatic amines is 2. The number of fused-ring (bicyclic) bond motifs is 6. The first-order valence-electron chi connectivity index (χ1n) is 22.9. The molecule has 1 spiro atoms. The Balaban J connectivity index is 0.896. The molecule has 5 aliphatic rings. The number of amides is 3. The topological polar surface area (TPSA) is 163 Å². The minimum absolute atomic E-state index is 0.0121. The summed E-state index contributed by atoms with van der Waals surface area (Å²) in [6, 6.07) is 14.7. The van der Waals surface area contributed by atoms with Crippen LogP contribution >= 0.6 is 0 Å². The number of hydrogen-bond donors (Lipinski definition) is 3. The van der Waals surface area contributed by atoms with Crippen molar-refractivity contribution in [3.63, 3.8) is 0 Å². The fourth-order valence-corrected chi connectivity index (χ4v) is 11.2. The second-order valence-electron chi connectivity index (χ2n) is 19.7. The molecule has 2 saturated carbocycles. The summed E-state index contributed by atoms with van der Waals surface area (Å²) in [5.41, 5.74) is 4.76. The van der Waals surface area contributed by atoms with Crippen LogP contribution in [0, 0.1) is 29.1 Å². The molecule has 340 valence electrons. The summed E-state index contributed by atoms with van der Waals surface area (Å²) in [5.74, 6) is -3.15. The van der Waals surface area contributed by atoms with E-state index in [-0.39, 0.29) is 70.7 Å². The molecule has 13 nitrogen and oxygen atoms in total. The van der Waals surface area contributed by atoms with E-state index in [1.54, 1.807) is 29.3 Å². The van der Waals surface area contributed by atoms with Crippen LogP contribution in [0.15, 0.2) is 60.8 Å². The van der Waals surface area contributed by atoms with E-state index in [9.17, 15) is 19.2 Å². The molecule has 3 aliphatic carbocycles. The Morgan fingerprint density at radius 3 is 2.22 bits per heavy atom. The van der Waals surface area contributed by atoms with Gasteiger partial charge in [0.15, 0.2) is 0 Å². The maximum atomic E-state index is 16.7. The Hall–Kier alpha value is -6.12. The van der Waals surface area contributed by atoms with Gasteiger partial charge in [-0.2, -0.15) is 8.78 Å². The second-order valence-corrected chi connectivity index (χ2v) is 19.7. The van der Waals surface area contributed by atoms with Gasteiger partial charge in [-0.3, -0.25) is 14.4 Å². The minimum atomic E-state index is -3.28. The van der Waals surface area contributed by atoms with Gasteiger partial charge in [-0.25, -0.2) is 14.8 Å². The van der Waals surface area contributed by atoms with Crippen molar-refractivity contribution in [3.05, 3.63) is 83.6 Å². The number of carbonyl (C=O) groups excluding carboxylic acids is 4. The summed E-state index contributed by atoms with van der Waals surface area (Å²) in [6.07, 6.45) is 6.51. The Bertz CT molecular complexity index is 2740. The van der Waals surface area contributed by atoms with Gasteiger partial charge in [0.2, 0.25) is 11.8 Å². The van der Waals surface area contributed by atoms with E-state index < -0.39 is 29.9 Å². The van der Waals surface area contributed by atoms with Crippen LogP contribution in [-0.4, -0.2) is 86.5 Å². The number of aromatic nitrogens is 4. The van der Waals surface area contributed by atoms with Gasteiger partial charge < -0.3 is 34.6 Å². The number of nitrogens with one attached hydrogen (secondary N) is 3. The molecule has 65 heavy (non-hydrogen) atoms. The van der Waals surface area contributed by atoms with Gasteiger partial charge in [-0.1, -0.05) is 58.0 Å². The zero-order chi connectivity index (χ0) is 45.7. The zero-order valence-electron chi connectivity index (χ0n) is 37.5. The standard InChI is InChI=1S/C50H55F2N7O6/c1-25(2)34(21-41(60)64-5)46(61)59-31-11-7-30(17-31)43(59)45-54-37-14-10-28(20-38(37)55-45)27-8-12-32-33-13-9-29(19-36(33)50(51,52)35(32)18-27)39-23-53-44(56-39)40-22-49(15-16-49)24-58(40)47(62)42(26(3)4)57-48(63)65-6/h8-10,12-14,18-20,23,25-26,30-31,34,40,42-43H,7,11,15-17,21-22,24H2,1-6H3,(H,53,56)(H,54,55)(H,57,63)/t30-,31+,34-,40-,42-,43-/m0/s1. The summed E-state index contributed by atoms with van der Waals surface area (Å²) >= 11 is 0. The van der Waals surface area contributed by atoms with Crippen LogP contribution in [0.25, 0.3) is 44.5 Å². The molecule has 5 aromatic rings. The molecule has 2 aliphatic heterocycles. The van der Waals surface area contributed by atoms with Crippen molar-refractivity contribution in [1.29, 1.82) is 0 Å². The van der Waals surface area contributed by atoms with Crippen molar-refractivity contribution in [2.45, 2.75) is 103 Å². The number of imidazole rings is 2. The molecule has 15 heteroatoms. The molecule has 2 saturated heterocycles. The van der Waals surface area contributed by atoms with E-state index in [2.05, 4.69) is 15.3 Å². The molecule has 6 atom stereocenters. The van der Waals surface area contributed by atoms with Crippen molar-refractivity contribution >= 4 is 34.9 Å². The fraction of sp³-hybridized carbons (Fsp3) is 0.480. The van der Waals surface area contributed by atoms with Crippen LogP contribution in [0.2, 0.25) is 0 Å². The number of H-pyrrole nitrogens is 2. The molecule has 10 rings (SSSR count). The van der Waals surface area contributed by atoms with E-state index in [0.717, 1.165) is 55.1 Å². The quantitative estimate of drug-likeness (QED) is 0.111. The number of alkyl halides is 2. The van der Waals surface area contributed by atoms with Crippen molar-refractivity contribution in [2.75, 3.05) is 20.8 Å². The van der Waals surface area contributed by atoms with Gasteiger partial charge in [0.25, 0.3) is 5.92 Å². The van der Waals surface area contributed by atoms with Gasteiger partial charge in [0.1, 0.15) is 17.7 Å². The summed E-state index contributed by atoms with van der Waals surface area (Å²) in [4.78, 5) is 72.9. The summed E-state index contributed by atoms with van der Waals surface area (Å²) in [6.45, 7) is 8.21. The molecule has 0 unspecified atom stereocenters. The van der Waals surface area contributed by atoms with Crippen LogP contribution < -0.4 is 5.32 Å². The molecule has 3 aromatic carbocycles. The number of alkyl carbamates (subject to hydrolysis) is 1. The van der Waals surface area contributed by atoms with Gasteiger partial charge in [0, 0.05) is 29.3 Å². The molecule has 2 bridgehead atoms. The third kappa shape index (κ3) is 7.25. The second kappa shape index (κ2) is 15.8. The van der Waals surface area contributed by atoms with E-state index in [1.807, 2.05) is 62.9 Å². The van der Waals surface area contributed by atoms with Crippen molar-refractivity contribution in [1.82, 2.24) is 35.1 Å². The number of carbonyl (C=O) groups is 4. The van der Waals surface area contributed by atoms with E-state index >= 15 is 8.78 Å². The normalized spacial score (nSPS) is 23.0. The molecule has 3 N–H and O–H groups in total. The monoisotopic (exact) mass is 887 g/mol. The van der Waals surface area contributed by atoms with Gasteiger partial charge in [0.05, 0.1) is 61.6 Å².